The van der Waals surface area contributed by atoms with E-state index in [-0.39, 0.29) is 5.56 Å². The van der Waals surface area contributed by atoms with Crippen molar-refractivity contribution in [2.75, 3.05) is 48.9 Å². The standard InChI is InChI=1S/C24H23N9O3S/c1-32(24-27-11-16(12-28-24)23(34)31-35)13-17-9-19-20(37-17)22(33-4-6-36-7-5-33)30-21(29-19)14-2-3-18(26)15(8-14)10-25/h2-3,8-9,11-12,35H,4-7,13,26H2,1H3,(H,31,34). The molecule has 12 nitrogen and oxygen atoms in total. The smallest absolute Gasteiger partial charge is 0.277 e. The van der Waals surface area contributed by atoms with E-state index in [0.29, 0.717) is 61.4 Å². The summed E-state index contributed by atoms with van der Waals surface area (Å²) >= 11 is 1.59. The van der Waals surface area contributed by atoms with Crippen molar-refractivity contribution < 1.29 is 14.7 Å². The second kappa shape index (κ2) is 10.3. The molecule has 0 bridgehead atoms. The molecule has 4 N–H and O–H groups in total. The minimum absolute atomic E-state index is 0.154. The lowest BCUT2D eigenvalue weighted by atomic mass is 10.1. The first kappa shape index (κ1) is 24.3. The van der Waals surface area contributed by atoms with Crippen LogP contribution in [0.2, 0.25) is 0 Å². The zero-order valence-corrected chi connectivity index (χ0v) is 20.7. The second-order valence-electron chi connectivity index (χ2n) is 8.38. The Morgan fingerprint density at radius 1 is 1.27 bits per heavy atom. The van der Waals surface area contributed by atoms with Gasteiger partial charge in [0.05, 0.1) is 41.1 Å². The first-order valence-corrected chi connectivity index (χ1v) is 12.2. The van der Waals surface area contributed by atoms with Gasteiger partial charge in [-0.05, 0) is 24.3 Å². The molecule has 3 aromatic heterocycles. The molecule has 0 spiro atoms. The van der Waals surface area contributed by atoms with Gasteiger partial charge in [-0.3, -0.25) is 10.0 Å². The quantitative estimate of drug-likeness (QED) is 0.195. The van der Waals surface area contributed by atoms with Gasteiger partial charge >= 0.3 is 0 Å². The first-order valence-electron chi connectivity index (χ1n) is 11.4. The highest BCUT2D eigenvalue weighted by atomic mass is 32.1. The van der Waals surface area contributed by atoms with E-state index in [1.54, 1.807) is 28.9 Å². The van der Waals surface area contributed by atoms with Gasteiger partial charge in [-0.1, -0.05) is 0 Å². The van der Waals surface area contributed by atoms with Crippen LogP contribution >= 0.6 is 11.3 Å². The lowest BCUT2D eigenvalue weighted by molar-refractivity contribution is 0.0705. The maximum atomic E-state index is 11.5. The summed E-state index contributed by atoms with van der Waals surface area (Å²) in [5.74, 6) is 1.10. The lowest BCUT2D eigenvalue weighted by Crippen LogP contribution is -2.36. The normalized spacial score (nSPS) is 13.4. The number of ether oxygens (including phenoxy) is 1. The number of nitrogen functional groups attached to an aromatic ring is 1. The Kier molecular flexibility index (Phi) is 6.78. The number of benzene rings is 1. The van der Waals surface area contributed by atoms with Gasteiger partial charge in [0.25, 0.3) is 5.91 Å². The third-order valence-corrected chi connectivity index (χ3v) is 6.99. The van der Waals surface area contributed by atoms with E-state index in [4.69, 9.17) is 25.6 Å². The highest BCUT2D eigenvalue weighted by Crippen LogP contribution is 2.35. The first-order chi connectivity index (χ1) is 18.0. The highest BCUT2D eigenvalue weighted by molar-refractivity contribution is 7.19. The molecule has 1 aliphatic heterocycles. The molecule has 0 atom stereocenters. The van der Waals surface area contributed by atoms with Crippen molar-refractivity contribution >= 4 is 44.9 Å². The van der Waals surface area contributed by atoms with Gasteiger partial charge in [0.15, 0.2) is 11.6 Å². The molecular formula is C24H23N9O3S. The third kappa shape index (κ3) is 4.98. The number of hydrogen-bond donors (Lipinski definition) is 3. The van der Waals surface area contributed by atoms with Crippen molar-refractivity contribution in [2.45, 2.75) is 6.54 Å². The fourth-order valence-electron chi connectivity index (χ4n) is 3.96. The highest BCUT2D eigenvalue weighted by Gasteiger charge is 2.21. The topological polar surface area (TPSA) is 166 Å². The molecule has 5 rings (SSSR count). The maximum absolute atomic E-state index is 11.5. The Morgan fingerprint density at radius 2 is 2.03 bits per heavy atom. The molecule has 13 heteroatoms. The van der Waals surface area contributed by atoms with E-state index >= 15 is 0 Å². The number of thiophene rings is 1. The molecule has 4 heterocycles. The summed E-state index contributed by atoms with van der Waals surface area (Å²) < 4.78 is 6.50. The van der Waals surface area contributed by atoms with Crippen molar-refractivity contribution in [3.63, 3.8) is 0 Å². The number of carbonyl (C=O) groups is 1. The number of hydrogen-bond acceptors (Lipinski definition) is 12. The average molecular weight is 518 g/mol. The summed E-state index contributed by atoms with van der Waals surface area (Å²) in [5.41, 5.74) is 9.94. The Bertz CT molecular complexity index is 1490. The molecule has 1 aromatic carbocycles. The van der Waals surface area contributed by atoms with Gasteiger partial charge in [0.2, 0.25) is 5.95 Å². The van der Waals surface area contributed by atoms with Crippen LogP contribution in [0, 0.1) is 11.3 Å². The third-order valence-electron chi connectivity index (χ3n) is 5.88. The van der Waals surface area contributed by atoms with Crippen LogP contribution < -0.4 is 21.0 Å². The lowest BCUT2D eigenvalue weighted by Gasteiger charge is -2.28. The fraction of sp³-hybridized carbons (Fsp3) is 0.250. The van der Waals surface area contributed by atoms with Crippen LogP contribution in [-0.4, -0.2) is 64.4 Å². The number of nitrogens with two attached hydrogens (primary N) is 1. The van der Waals surface area contributed by atoms with Gasteiger partial charge in [-0.15, -0.1) is 11.3 Å². The molecule has 4 aromatic rings. The van der Waals surface area contributed by atoms with E-state index in [1.165, 1.54) is 12.4 Å². The summed E-state index contributed by atoms with van der Waals surface area (Å²) in [7, 11) is 1.85. The van der Waals surface area contributed by atoms with Crippen LogP contribution in [0.4, 0.5) is 17.5 Å². The monoisotopic (exact) mass is 517 g/mol. The van der Waals surface area contributed by atoms with Crippen LogP contribution in [0.15, 0.2) is 36.7 Å². The Morgan fingerprint density at radius 3 is 2.73 bits per heavy atom. The molecule has 0 unspecified atom stereocenters. The van der Waals surface area contributed by atoms with Crippen molar-refractivity contribution in [1.82, 2.24) is 25.4 Å². The largest absolute Gasteiger partial charge is 0.398 e. The number of anilines is 3. The summed E-state index contributed by atoms with van der Waals surface area (Å²) in [4.78, 5) is 34.8. The molecule has 0 radical (unpaired) electrons. The average Bonchev–Trinajstić information content (AvgIpc) is 3.35. The van der Waals surface area contributed by atoms with E-state index in [9.17, 15) is 10.1 Å². The Balaban J connectivity index is 1.50. The zero-order valence-electron chi connectivity index (χ0n) is 19.9. The van der Waals surface area contributed by atoms with Gasteiger partial charge < -0.3 is 20.3 Å². The van der Waals surface area contributed by atoms with Crippen LogP contribution in [-0.2, 0) is 11.3 Å². The predicted octanol–water partition coefficient (Wildman–Crippen LogP) is 2.19. The van der Waals surface area contributed by atoms with Crippen LogP contribution in [0.25, 0.3) is 21.6 Å². The van der Waals surface area contributed by atoms with Gasteiger partial charge in [-0.2, -0.15) is 5.26 Å². The number of nitriles is 1. The summed E-state index contributed by atoms with van der Waals surface area (Å²) in [6.45, 7) is 3.16. The number of carbonyl (C=O) groups excluding carboxylic acids is 1. The fourth-order valence-corrected chi connectivity index (χ4v) is 5.12. The molecule has 1 amide bonds. The molecule has 0 saturated carbocycles. The van der Waals surface area contributed by atoms with E-state index in [2.05, 4.69) is 20.9 Å². The Labute approximate surface area is 215 Å². The van der Waals surface area contributed by atoms with E-state index in [1.807, 2.05) is 24.1 Å². The summed E-state index contributed by atoms with van der Waals surface area (Å²) in [6, 6.07) is 9.35. The predicted molar refractivity (Wildman–Crippen MR) is 138 cm³/mol. The molecule has 0 aliphatic carbocycles. The molecular weight excluding hydrogens is 494 g/mol. The van der Waals surface area contributed by atoms with Gasteiger partial charge in [-0.25, -0.2) is 25.4 Å². The number of morpholine rings is 1. The number of fused-ring (bicyclic) bond motifs is 1. The van der Waals surface area contributed by atoms with E-state index in [0.717, 1.165) is 20.9 Å². The molecule has 37 heavy (non-hydrogen) atoms. The van der Waals surface area contributed by atoms with Crippen molar-refractivity contribution in [2.24, 2.45) is 0 Å². The molecule has 1 saturated heterocycles. The van der Waals surface area contributed by atoms with E-state index < -0.39 is 5.91 Å². The van der Waals surface area contributed by atoms with Crippen LogP contribution in [0.1, 0.15) is 20.8 Å². The van der Waals surface area contributed by atoms with Crippen molar-refractivity contribution in [1.29, 1.82) is 5.26 Å². The summed E-state index contributed by atoms with van der Waals surface area (Å²) in [6.07, 6.45) is 2.71. The second-order valence-corrected chi connectivity index (χ2v) is 9.52. The SMILES string of the molecule is CN(Cc1cc2nc(-c3ccc(N)c(C#N)c3)nc(N3CCOCC3)c2s1)c1ncc(C(=O)NO)cn1. The zero-order chi connectivity index (χ0) is 25.9. The maximum Gasteiger partial charge on any atom is 0.277 e. The number of nitrogens with zero attached hydrogens (tertiary/aromatic N) is 7. The van der Waals surface area contributed by atoms with Crippen LogP contribution in [0.5, 0.6) is 0 Å². The molecule has 1 fully saturated rings. The number of nitrogens with one attached hydrogen (secondary N) is 1. The van der Waals surface area contributed by atoms with Gasteiger partial charge in [0.1, 0.15) is 6.07 Å². The number of aromatic nitrogens is 4. The van der Waals surface area contributed by atoms with Crippen LogP contribution in [0.3, 0.4) is 0 Å². The number of hydroxylamine groups is 1. The minimum atomic E-state index is -0.674. The minimum Gasteiger partial charge on any atom is -0.398 e. The summed E-state index contributed by atoms with van der Waals surface area (Å²) in [5, 5.41) is 18.2. The van der Waals surface area contributed by atoms with Gasteiger partial charge in [0, 0.05) is 48.7 Å². The molecule has 1 aliphatic rings. The molecule has 188 valence electrons. The van der Waals surface area contributed by atoms with Crippen molar-refractivity contribution in [3.8, 4) is 17.5 Å². The van der Waals surface area contributed by atoms with Crippen molar-refractivity contribution in [3.05, 3.63) is 52.7 Å². The number of amides is 1. The Hall–Kier alpha value is -4.38. The number of rotatable bonds is 6.